The van der Waals surface area contributed by atoms with Gasteiger partial charge in [0.25, 0.3) is 10.1 Å². The first-order valence-electron chi connectivity index (χ1n) is 9.96. The van der Waals surface area contributed by atoms with Crippen LogP contribution in [-0.2, 0) is 14.3 Å². The largest absolute Gasteiger partial charge is 0.372 e. The van der Waals surface area contributed by atoms with Gasteiger partial charge in [0, 0.05) is 19.3 Å². The molecule has 0 aliphatic heterocycles. The Morgan fingerprint density at radius 2 is 1.62 bits per heavy atom. The highest BCUT2D eigenvalue weighted by atomic mass is 32.2. The molecule has 0 heterocycles. The number of allylic oxidation sites excluding steroid dienone is 1. The van der Waals surface area contributed by atoms with Crippen molar-refractivity contribution >= 4 is 26.6 Å². The summed E-state index contributed by atoms with van der Waals surface area (Å²) in [7, 11) is -2.30. The number of rotatable bonds is 7. The third-order valence-corrected chi connectivity index (χ3v) is 6.60. The topological polar surface area (TPSA) is 94.2 Å². The second-order valence-electron chi connectivity index (χ2n) is 7.55. The van der Waals surface area contributed by atoms with Crippen molar-refractivity contribution in [2.24, 2.45) is 0 Å². The maximum atomic E-state index is 12.9. The van der Waals surface area contributed by atoms with E-state index in [1.807, 2.05) is 73.5 Å². The minimum Gasteiger partial charge on any atom is -0.372 e. The van der Waals surface area contributed by atoms with Gasteiger partial charge in [0.05, 0.1) is 4.90 Å². The Balaban J connectivity index is 1.95. The molecule has 3 rings (SSSR count). The van der Waals surface area contributed by atoms with Crippen LogP contribution in [0.1, 0.15) is 12.5 Å². The molecule has 1 unspecified atom stereocenters. The SMILES string of the molecule is CC(=C(C#N)C#N)C(CN(C)c1ccc2ccccc2c1)OS(=O)(=O)c1ccc(C)cc1. The average Bonchev–Trinajstić information content (AvgIpc) is 2.79. The van der Waals surface area contributed by atoms with E-state index in [-0.39, 0.29) is 22.6 Å². The first-order valence-corrected chi connectivity index (χ1v) is 11.4. The number of nitriles is 2. The van der Waals surface area contributed by atoms with Crippen molar-refractivity contribution in [3.8, 4) is 12.1 Å². The molecule has 0 amide bonds. The van der Waals surface area contributed by atoms with Crippen molar-refractivity contribution < 1.29 is 12.6 Å². The van der Waals surface area contributed by atoms with Crippen molar-refractivity contribution in [2.75, 3.05) is 18.5 Å². The van der Waals surface area contributed by atoms with Crippen molar-refractivity contribution in [1.29, 1.82) is 10.5 Å². The average molecular weight is 446 g/mol. The van der Waals surface area contributed by atoms with E-state index in [4.69, 9.17) is 4.18 Å². The van der Waals surface area contributed by atoms with Crippen molar-refractivity contribution in [3.05, 3.63) is 83.4 Å². The molecule has 3 aromatic carbocycles. The third kappa shape index (κ3) is 5.15. The Bertz CT molecular complexity index is 1330. The molecule has 0 radical (unpaired) electrons. The summed E-state index contributed by atoms with van der Waals surface area (Å²) in [4.78, 5) is 1.86. The lowest BCUT2D eigenvalue weighted by molar-refractivity contribution is 0.248. The summed E-state index contributed by atoms with van der Waals surface area (Å²) in [6.45, 7) is 3.53. The Morgan fingerprint density at radius 3 is 2.25 bits per heavy atom. The van der Waals surface area contributed by atoms with Gasteiger partial charge in [-0.25, -0.2) is 0 Å². The summed E-state index contributed by atoms with van der Waals surface area (Å²) >= 11 is 0. The highest BCUT2D eigenvalue weighted by Gasteiger charge is 2.26. The monoisotopic (exact) mass is 445 g/mol. The molecule has 1 atom stereocenters. The van der Waals surface area contributed by atoms with Crippen LogP contribution in [0.4, 0.5) is 5.69 Å². The number of hydrogen-bond donors (Lipinski definition) is 0. The summed E-state index contributed by atoms with van der Waals surface area (Å²) in [5.74, 6) is 0. The van der Waals surface area contributed by atoms with Crippen LogP contribution in [0.3, 0.4) is 0 Å². The molecule has 0 saturated heterocycles. The molecule has 0 aliphatic carbocycles. The van der Waals surface area contributed by atoms with Gasteiger partial charge in [0.2, 0.25) is 0 Å². The maximum absolute atomic E-state index is 12.9. The van der Waals surface area contributed by atoms with Gasteiger partial charge in [-0.1, -0.05) is 48.0 Å². The zero-order valence-electron chi connectivity index (χ0n) is 18.1. The Labute approximate surface area is 188 Å². The first kappa shape index (κ1) is 23.0. The van der Waals surface area contributed by atoms with Gasteiger partial charge in [0.1, 0.15) is 23.8 Å². The molecule has 0 aromatic heterocycles. The molecule has 6 nitrogen and oxygen atoms in total. The highest BCUT2D eigenvalue weighted by molar-refractivity contribution is 7.86. The molecule has 0 saturated carbocycles. The normalized spacial score (nSPS) is 11.9. The molecule has 162 valence electrons. The number of nitrogens with zero attached hydrogens (tertiary/aromatic N) is 3. The smallest absolute Gasteiger partial charge is 0.297 e. The van der Waals surface area contributed by atoms with Crippen LogP contribution in [-0.4, -0.2) is 28.1 Å². The molecule has 0 bridgehead atoms. The van der Waals surface area contributed by atoms with E-state index in [0.29, 0.717) is 0 Å². The minimum atomic E-state index is -4.11. The van der Waals surface area contributed by atoms with Gasteiger partial charge in [0.15, 0.2) is 0 Å². The van der Waals surface area contributed by atoms with E-state index in [1.165, 1.54) is 12.1 Å². The number of aryl methyl sites for hydroxylation is 1. The Morgan fingerprint density at radius 1 is 1.00 bits per heavy atom. The van der Waals surface area contributed by atoms with Gasteiger partial charge in [-0.3, -0.25) is 4.18 Å². The first-order chi connectivity index (χ1) is 15.2. The predicted octanol–water partition coefficient (Wildman–Crippen LogP) is 4.72. The highest BCUT2D eigenvalue weighted by Crippen LogP contribution is 2.25. The van der Waals surface area contributed by atoms with Crippen molar-refractivity contribution in [1.82, 2.24) is 0 Å². The summed E-state index contributed by atoms with van der Waals surface area (Å²) < 4.78 is 31.4. The van der Waals surface area contributed by atoms with E-state index >= 15 is 0 Å². The zero-order chi connectivity index (χ0) is 23.3. The van der Waals surface area contributed by atoms with E-state index in [2.05, 4.69) is 0 Å². The summed E-state index contributed by atoms with van der Waals surface area (Å²) in [5.41, 5.74) is 1.87. The second kappa shape index (κ2) is 9.65. The molecular formula is C25H23N3O3S. The Kier molecular flexibility index (Phi) is 6.95. The van der Waals surface area contributed by atoms with E-state index in [9.17, 15) is 18.9 Å². The quantitative estimate of drug-likeness (QED) is 0.386. The molecule has 0 fully saturated rings. The second-order valence-corrected chi connectivity index (χ2v) is 9.12. The minimum absolute atomic E-state index is 0.0183. The van der Waals surface area contributed by atoms with Crippen LogP contribution in [0.5, 0.6) is 0 Å². The number of anilines is 1. The molecule has 7 heteroatoms. The van der Waals surface area contributed by atoms with Gasteiger partial charge in [-0.2, -0.15) is 18.9 Å². The number of benzene rings is 3. The zero-order valence-corrected chi connectivity index (χ0v) is 18.9. The molecular weight excluding hydrogens is 422 g/mol. The third-order valence-electron chi connectivity index (χ3n) is 5.27. The van der Waals surface area contributed by atoms with Crippen LogP contribution in [0.2, 0.25) is 0 Å². The van der Waals surface area contributed by atoms with Crippen LogP contribution in [0, 0.1) is 29.6 Å². The van der Waals surface area contributed by atoms with Crippen molar-refractivity contribution in [2.45, 2.75) is 24.8 Å². The lowest BCUT2D eigenvalue weighted by Gasteiger charge is -2.26. The van der Waals surface area contributed by atoms with E-state index in [1.54, 1.807) is 19.1 Å². The fourth-order valence-corrected chi connectivity index (χ4v) is 4.38. The number of likely N-dealkylation sites (N-methyl/N-ethyl adjacent to an activating group) is 1. The summed E-state index contributed by atoms with van der Waals surface area (Å²) in [6, 6.07) is 23.8. The predicted molar refractivity (Wildman–Crippen MR) is 124 cm³/mol. The number of hydrogen-bond acceptors (Lipinski definition) is 6. The summed E-state index contributed by atoms with van der Waals surface area (Å²) in [6.07, 6.45) is -1.02. The van der Waals surface area contributed by atoms with Crippen LogP contribution in [0.15, 0.2) is 82.8 Å². The lowest BCUT2D eigenvalue weighted by Crippen LogP contribution is -2.34. The lowest BCUT2D eigenvalue weighted by atomic mass is 10.1. The maximum Gasteiger partial charge on any atom is 0.297 e. The van der Waals surface area contributed by atoms with E-state index in [0.717, 1.165) is 22.0 Å². The fraction of sp³-hybridized carbons (Fsp3) is 0.200. The van der Waals surface area contributed by atoms with Gasteiger partial charge >= 0.3 is 0 Å². The molecule has 32 heavy (non-hydrogen) atoms. The molecule has 0 aliphatic rings. The summed E-state index contributed by atoms with van der Waals surface area (Å²) in [5, 5.41) is 20.8. The van der Waals surface area contributed by atoms with Crippen LogP contribution >= 0.6 is 0 Å². The fourth-order valence-electron chi connectivity index (χ4n) is 3.28. The Hall–Kier alpha value is -3.65. The molecule has 3 aromatic rings. The van der Waals surface area contributed by atoms with Gasteiger partial charge < -0.3 is 4.90 Å². The van der Waals surface area contributed by atoms with Crippen LogP contribution in [0.25, 0.3) is 10.8 Å². The standard InChI is InChI=1S/C25H23N3O3S/c1-18-8-12-24(13-9-18)32(29,30)31-25(19(2)22(15-26)16-27)17-28(3)23-11-10-20-6-4-5-7-21(20)14-23/h4-14,25H,17H2,1-3H3. The van der Waals surface area contributed by atoms with Gasteiger partial charge in [-0.15, -0.1) is 0 Å². The van der Waals surface area contributed by atoms with Crippen molar-refractivity contribution in [3.63, 3.8) is 0 Å². The van der Waals surface area contributed by atoms with Gasteiger partial charge in [-0.05, 0) is 54.5 Å². The molecule has 0 N–H and O–H groups in total. The number of fused-ring (bicyclic) bond motifs is 1. The molecule has 0 spiro atoms. The van der Waals surface area contributed by atoms with E-state index < -0.39 is 16.2 Å². The van der Waals surface area contributed by atoms with Crippen LogP contribution < -0.4 is 4.90 Å².